The van der Waals surface area contributed by atoms with Crippen LogP contribution in [0.25, 0.3) is 21.6 Å². The lowest BCUT2D eigenvalue weighted by molar-refractivity contribution is -0.138. The van der Waals surface area contributed by atoms with Crippen LogP contribution in [0.4, 0.5) is 13.2 Å². The van der Waals surface area contributed by atoms with Crippen molar-refractivity contribution in [1.29, 1.82) is 0 Å². The summed E-state index contributed by atoms with van der Waals surface area (Å²) in [5.41, 5.74) is 1.89. The van der Waals surface area contributed by atoms with E-state index in [1.165, 1.54) is 6.20 Å². The van der Waals surface area contributed by atoms with E-state index in [2.05, 4.69) is 20.3 Å². The Morgan fingerprint density at radius 1 is 1.21 bits per heavy atom. The van der Waals surface area contributed by atoms with Crippen molar-refractivity contribution in [1.82, 2.24) is 25.0 Å². The first-order valence-electron chi connectivity index (χ1n) is 5.14. The van der Waals surface area contributed by atoms with E-state index >= 15 is 0 Å². The average Bonchev–Trinajstić information content (AvgIpc) is 2.96. The summed E-state index contributed by atoms with van der Waals surface area (Å²) in [5, 5.41) is 9.93. The Balaban J connectivity index is 2.08. The molecule has 0 unspecified atom stereocenters. The summed E-state index contributed by atoms with van der Waals surface area (Å²) in [7, 11) is 1.73. The zero-order chi connectivity index (χ0) is 13.6. The maximum absolute atomic E-state index is 12.5. The van der Waals surface area contributed by atoms with Gasteiger partial charge < -0.3 is 0 Å². The van der Waals surface area contributed by atoms with E-state index in [0.717, 1.165) is 5.52 Å². The first-order chi connectivity index (χ1) is 8.95. The molecule has 0 aliphatic heterocycles. The van der Waals surface area contributed by atoms with Gasteiger partial charge in [-0.25, -0.2) is 0 Å². The summed E-state index contributed by atoms with van der Waals surface area (Å²) in [5.74, 6) is 0. The zero-order valence-corrected chi connectivity index (χ0v) is 10.3. The molecule has 3 rings (SSSR count). The molecule has 19 heavy (non-hydrogen) atoms. The highest BCUT2D eigenvalue weighted by Crippen LogP contribution is 2.35. The minimum atomic E-state index is -4.47. The molecule has 3 aromatic heterocycles. The molecule has 0 saturated heterocycles. The van der Waals surface area contributed by atoms with Crippen LogP contribution in [-0.4, -0.2) is 25.0 Å². The molecule has 9 heteroatoms. The van der Waals surface area contributed by atoms with Gasteiger partial charge in [-0.3, -0.25) is 9.67 Å². The number of alkyl halides is 3. The van der Waals surface area contributed by atoms with E-state index < -0.39 is 11.2 Å². The second-order valence-electron chi connectivity index (χ2n) is 3.81. The molecule has 0 atom stereocenters. The second-order valence-corrected chi connectivity index (χ2v) is 4.78. The highest BCUT2D eigenvalue weighted by Gasteiger charge is 2.35. The predicted molar refractivity (Wildman–Crippen MR) is 62.4 cm³/mol. The van der Waals surface area contributed by atoms with Gasteiger partial charge in [0.15, 0.2) is 0 Å². The summed E-state index contributed by atoms with van der Waals surface area (Å²) in [4.78, 5) is 4.12. The van der Waals surface area contributed by atoms with Gasteiger partial charge in [0.2, 0.25) is 5.01 Å². The van der Waals surface area contributed by atoms with Gasteiger partial charge in [0.25, 0.3) is 0 Å². The van der Waals surface area contributed by atoms with E-state index in [4.69, 9.17) is 0 Å². The predicted octanol–water partition coefficient (Wildman–Crippen LogP) is 2.51. The molecular weight excluding hydrogens is 279 g/mol. The van der Waals surface area contributed by atoms with E-state index in [1.54, 1.807) is 24.0 Å². The molecule has 0 aliphatic carbocycles. The maximum Gasteiger partial charge on any atom is 0.445 e. The highest BCUT2D eigenvalue weighted by molar-refractivity contribution is 7.14. The Hall–Kier alpha value is -2.03. The van der Waals surface area contributed by atoms with Gasteiger partial charge in [-0.2, -0.15) is 18.3 Å². The van der Waals surface area contributed by atoms with Crippen LogP contribution in [0.3, 0.4) is 0 Å². The van der Waals surface area contributed by atoms with Gasteiger partial charge in [0, 0.05) is 18.8 Å². The fraction of sp³-hybridized carbons (Fsp3) is 0.200. The lowest BCUT2D eigenvalue weighted by Crippen LogP contribution is -2.03. The van der Waals surface area contributed by atoms with Gasteiger partial charge in [-0.1, -0.05) is 11.3 Å². The Kier molecular flexibility index (Phi) is 2.52. The molecule has 3 heterocycles. The number of aromatic nitrogens is 5. The number of hydrogen-bond acceptors (Lipinski definition) is 5. The van der Waals surface area contributed by atoms with Crippen molar-refractivity contribution in [2.24, 2.45) is 7.05 Å². The Morgan fingerprint density at radius 3 is 2.68 bits per heavy atom. The number of fused-ring (bicyclic) bond motifs is 1. The van der Waals surface area contributed by atoms with Crippen molar-refractivity contribution in [3.63, 3.8) is 0 Å². The number of halogens is 3. The highest BCUT2D eigenvalue weighted by atomic mass is 32.1. The number of rotatable bonds is 1. The summed E-state index contributed by atoms with van der Waals surface area (Å²) in [6.07, 6.45) is -1.43. The first-order valence-corrected chi connectivity index (χ1v) is 5.95. The van der Waals surface area contributed by atoms with Crippen LogP contribution >= 0.6 is 11.3 Å². The second kappa shape index (κ2) is 3.98. The van der Waals surface area contributed by atoms with E-state index in [9.17, 15) is 13.2 Å². The first kappa shape index (κ1) is 12.0. The van der Waals surface area contributed by atoms with Crippen molar-refractivity contribution in [3.05, 3.63) is 23.5 Å². The van der Waals surface area contributed by atoms with Gasteiger partial charge in [0.05, 0.1) is 11.7 Å². The molecule has 98 valence electrons. The lowest BCUT2D eigenvalue weighted by Gasteiger charge is -1.98. The lowest BCUT2D eigenvalue weighted by atomic mass is 10.2. The van der Waals surface area contributed by atoms with Gasteiger partial charge in [0.1, 0.15) is 10.5 Å². The molecule has 0 amide bonds. The normalized spacial score (nSPS) is 12.2. The Bertz CT molecular complexity index is 745. The number of nitrogens with zero attached hydrogens (tertiary/aromatic N) is 5. The van der Waals surface area contributed by atoms with Gasteiger partial charge >= 0.3 is 6.18 Å². The van der Waals surface area contributed by atoms with Crippen molar-refractivity contribution in [2.45, 2.75) is 6.18 Å². The summed E-state index contributed by atoms with van der Waals surface area (Å²) < 4.78 is 39.0. The minimum absolute atomic E-state index is 0.183. The fourth-order valence-corrected chi connectivity index (χ4v) is 2.29. The Labute approximate surface area is 108 Å². The molecule has 0 fully saturated rings. The van der Waals surface area contributed by atoms with Crippen LogP contribution in [-0.2, 0) is 13.2 Å². The number of pyridine rings is 1. The van der Waals surface area contributed by atoms with Crippen molar-refractivity contribution < 1.29 is 13.2 Å². The molecule has 5 nitrogen and oxygen atoms in total. The molecule has 0 aliphatic rings. The van der Waals surface area contributed by atoms with E-state index in [0.29, 0.717) is 22.4 Å². The van der Waals surface area contributed by atoms with Gasteiger partial charge in [-0.15, -0.1) is 10.2 Å². The third-order valence-corrected chi connectivity index (χ3v) is 3.53. The topological polar surface area (TPSA) is 56.5 Å². The monoisotopic (exact) mass is 285 g/mol. The molecule has 3 aromatic rings. The van der Waals surface area contributed by atoms with Crippen molar-refractivity contribution >= 4 is 22.4 Å². The van der Waals surface area contributed by atoms with Crippen LogP contribution in [0.15, 0.2) is 18.5 Å². The third kappa shape index (κ3) is 2.05. The number of hydrogen-bond donors (Lipinski definition) is 0. The molecule has 0 N–H and O–H groups in total. The summed E-state index contributed by atoms with van der Waals surface area (Å²) in [6, 6.07) is 1.69. The van der Waals surface area contributed by atoms with Crippen molar-refractivity contribution in [3.8, 4) is 10.6 Å². The van der Waals surface area contributed by atoms with Crippen molar-refractivity contribution in [2.75, 3.05) is 0 Å². The standard InChI is InChI=1S/C10H6F3N5S/c1-18-7-2-5(3-14-6(7)4-15-18)8-16-17-9(19-8)10(11,12)13/h2-4H,1H3. The quantitative estimate of drug-likeness (QED) is 0.689. The smallest absolute Gasteiger partial charge is 0.266 e. The minimum Gasteiger partial charge on any atom is -0.266 e. The van der Waals surface area contributed by atoms with Crippen LogP contribution in [0.5, 0.6) is 0 Å². The summed E-state index contributed by atoms with van der Waals surface area (Å²) in [6.45, 7) is 0. The summed E-state index contributed by atoms with van der Waals surface area (Å²) >= 11 is 0.493. The molecular formula is C10H6F3N5S. The van der Waals surface area contributed by atoms with Crippen LogP contribution in [0, 0.1) is 0 Å². The largest absolute Gasteiger partial charge is 0.445 e. The van der Waals surface area contributed by atoms with Crippen LogP contribution in [0.2, 0.25) is 0 Å². The molecule has 0 spiro atoms. The van der Waals surface area contributed by atoms with Gasteiger partial charge in [-0.05, 0) is 6.07 Å². The average molecular weight is 285 g/mol. The number of aryl methyl sites for hydroxylation is 1. The SMILES string of the molecule is Cn1ncc2ncc(-c3nnc(C(F)(F)F)s3)cc21. The third-order valence-electron chi connectivity index (χ3n) is 2.51. The van der Waals surface area contributed by atoms with Crippen LogP contribution in [0.1, 0.15) is 5.01 Å². The van der Waals surface area contributed by atoms with E-state index in [1.807, 2.05) is 0 Å². The molecule has 0 aromatic carbocycles. The Morgan fingerprint density at radius 2 is 2.00 bits per heavy atom. The fourth-order valence-electron chi connectivity index (χ4n) is 1.60. The zero-order valence-electron chi connectivity index (χ0n) is 9.51. The van der Waals surface area contributed by atoms with E-state index in [-0.39, 0.29) is 5.01 Å². The maximum atomic E-state index is 12.5. The molecule has 0 saturated carbocycles. The molecule has 0 radical (unpaired) electrons. The molecule has 0 bridgehead atoms. The van der Waals surface area contributed by atoms with Crippen LogP contribution < -0.4 is 0 Å².